The molecule has 0 N–H and O–H groups in total. The second-order valence-corrected chi connectivity index (χ2v) is 7.71. The molecule has 0 atom stereocenters. The zero-order valence-electron chi connectivity index (χ0n) is 17.9. The third kappa shape index (κ3) is 5.16. The van der Waals surface area contributed by atoms with Crippen molar-refractivity contribution in [2.75, 3.05) is 27.9 Å². The lowest BCUT2D eigenvalue weighted by Crippen LogP contribution is -2.14. The van der Waals surface area contributed by atoms with Crippen LogP contribution < -0.4 is 19.0 Å². The van der Waals surface area contributed by atoms with Gasteiger partial charge in [-0.05, 0) is 44.7 Å². The molecule has 7 heteroatoms. The normalized spacial score (nSPS) is 12.6. The lowest BCUT2D eigenvalue weighted by Gasteiger charge is -2.14. The van der Waals surface area contributed by atoms with Crippen LogP contribution in [0.5, 0.6) is 17.2 Å². The fraction of sp³-hybridized carbons (Fsp3) is 0.524. The van der Waals surface area contributed by atoms with Crippen molar-refractivity contribution in [3.63, 3.8) is 0 Å². The van der Waals surface area contributed by atoms with Crippen molar-refractivity contribution in [1.82, 2.24) is 4.68 Å². The van der Waals surface area contributed by atoms with Crippen LogP contribution in [0.1, 0.15) is 40.5 Å². The van der Waals surface area contributed by atoms with Gasteiger partial charge in [0.2, 0.25) is 10.6 Å². The largest absolute Gasteiger partial charge is 0.493 e. The van der Waals surface area contributed by atoms with E-state index in [4.69, 9.17) is 19.3 Å². The number of hydrogen-bond acceptors (Lipinski definition) is 6. The van der Waals surface area contributed by atoms with E-state index in [1.165, 1.54) is 0 Å². The van der Waals surface area contributed by atoms with Crippen molar-refractivity contribution >= 4 is 17.0 Å². The number of hydrogen-bond donors (Lipinski definition) is 0. The Labute approximate surface area is 171 Å². The van der Waals surface area contributed by atoms with Crippen LogP contribution in [0.2, 0.25) is 0 Å². The summed E-state index contributed by atoms with van der Waals surface area (Å²) in [5.41, 5.74) is 2.96. The van der Waals surface area contributed by atoms with Gasteiger partial charge in [-0.1, -0.05) is 13.8 Å². The molecule has 6 nitrogen and oxygen atoms in total. The van der Waals surface area contributed by atoms with E-state index < -0.39 is 0 Å². The van der Waals surface area contributed by atoms with Crippen molar-refractivity contribution in [1.29, 1.82) is 0 Å². The number of thiazole rings is 1. The average molecular weight is 406 g/mol. The number of methoxy groups -OCH3 is 3. The highest BCUT2D eigenvalue weighted by Gasteiger charge is 2.17. The van der Waals surface area contributed by atoms with Crippen molar-refractivity contribution in [2.45, 2.75) is 40.5 Å². The number of nitrogens with zero attached hydrogens (tertiary/aromatic N) is 3. The number of aromatic nitrogens is 1. The molecule has 0 unspecified atom stereocenters. The minimum absolute atomic E-state index is 0.575. The lowest BCUT2D eigenvalue weighted by molar-refractivity contribution is 0.324. The first-order valence-corrected chi connectivity index (χ1v) is 10.4. The van der Waals surface area contributed by atoms with Crippen LogP contribution >= 0.6 is 11.3 Å². The molecule has 1 aromatic carbocycles. The zero-order chi connectivity index (χ0) is 20.7. The van der Waals surface area contributed by atoms with Gasteiger partial charge < -0.3 is 14.2 Å². The molecule has 0 saturated heterocycles. The van der Waals surface area contributed by atoms with Gasteiger partial charge in [0, 0.05) is 23.2 Å². The summed E-state index contributed by atoms with van der Waals surface area (Å²) in [5.74, 6) is 2.45. The third-order valence-corrected chi connectivity index (χ3v) is 5.15. The molecule has 2 rings (SSSR count). The smallest absolute Gasteiger partial charge is 0.206 e. The van der Waals surface area contributed by atoms with Crippen molar-refractivity contribution in [3.05, 3.63) is 22.3 Å². The highest BCUT2D eigenvalue weighted by molar-refractivity contribution is 7.07. The molecular weight excluding hydrogens is 374 g/mol. The van der Waals surface area contributed by atoms with E-state index in [0.29, 0.717) is 29.7 Å². The Morgan fingerprint density at radius 3 is 2.25 bits per heavy atom. The standard InChI is InChI=1S/C21H31N3O3S/c1-8-22-21-24(23-15(4)10-9-14(2)3)17(13-28-21)16-11-18(25-5)20(27-7)19(12-16)26-6/h11-14H,8-10H2,1-7H3. The molecule has 0 bridgehead atoms. The summed E-state index contributed by atoms with van der Waals surface area (Å²) in [6.45, 7) is 9.25. The summed E-state index contributed by atoms with van der Waals surface area (Å²) in [5, 5.41) is 6.94. The summed E-state index contributed by atoms with van der Waals surface area (Å²) in [4.78, 5) is 5.48. The van der Waals surface area contributed by atoms with Crippen molar-refractivity contribution < 1.29 is 14.2 Å². The first kappa shape index (κ1) is 22.0. The summed E-state index contributed by atoms with van der Waals surface area (Å²) < 4.78 is 18.4. The predicted octanol–water partition coefficient (Wildman–Crippen LogP) is 4.82. The van der Waals surface area contributed by atoms with Crippen LogP contribution in [0.4, 0.5) is 0 Å². The van der Waals surface area contributed by atoms with Crippen LogP contribution in [-0.4, -0.2) is 38.3 Å². The van der Waals surface area contributed by atoms with E-state index in [-0.39, 0.29) is 0 Å². The highest BCUT2D eigenvalue weighted by atomic mass is 32.1. The maximum atomic E-state index is 5.51. The van der Waals surface area contributed by atoms with Gasteiger partial charge in [-0.3, -0.25) is 4.99 Å². The van der Waals surface area contributed by atoms with Crippen molar-refractivity contribution in [3.8, 4) is 28.5 Å². The summed E-state index contributed by atoms with van der Waals surface area (Å²) >= 11 is 1.58. The number of benzene rings is 1. The third-order valence-electron chi connectivity index (χ3n) is 4.29. The van der Waals surface area contributed by atoms with E-state index in [1.54, 1.807) is 32.7 Å². The lowest BCUT2D eigenvalue weighted by atomic mass is 10.1. The van der Waals surface area contributed by atoms with Gasteiger partial charge >= 0.3 is 0 Å². The van der Waals surface area contributed by atoms with Gasteiger partial charge in [0.25, 0.3) is 0 Å². The predicted molar refractivity (Wildman–Crippen MR) is 116 cm³/mol. The van der Waals surface area contributed by atoms with Crippen molar-refractivity contribution in [2.24, 2.45) is 16.0 Å². The zero-order valence-corrected chi connectivity index (χ0v) is 18.7. The fourth-order valence-electron chi connectivity index (χ4n) is 2.79. The summed E-state index contributed by atoms with van der Waals surface area (Å²) in [6.07, 6.45) is 2.07. The van der Waals surface area contributed by atoms with E-state index in [0.717, 1.165) is 34.6 Å². The molecule has 0 radical (unpaired) electrons. The molecular formula is C21H31N3O3S. The molecule has 0 amide bonds. The van der Waals surface area contributed by atoms with E-state index in [2.05, 4.69) is 31.1 Å². The maximum absolute atomic E-state index is 5.51. The molecule has 0 aliphatic rings. The molecule has 0 fully saturated rings. The Balaban J connectivity index is 2.61. The Morgan fingerprint density at radius 2 is 1.75 bits per heavy atom. The second-order valence-electron chi connectivity index (χ2n) is 6.87. The van der Waals surface area contributed by atoms with E-state index in [1.807, 2.05) is 23.7 Å². The Hall–Kier alpha value is -2.28. The molecule has 154 valence electrons. The second kappa shape index (κ2) is 10.3. The molecule has 28 heavy (non-hydrogen) atoms. The van der Waals surface area contributed by atoms with Crippen LogP contribution in [0.25, 0.3) is 11.3 Å². The van der Waals surface area contributed by atoms with Gasteiger partial charge in [-0.2, -0.15) is 5.10 Å². The Kier molecular flexibility index (Phi) is 8.11. The van der Waals surface area contributed by atoms with Gasteiger partial charge in [0.05, 0.1) is 27.0 Å². The summed E-state index contributed by atoms with van der Waals surface area (Å²) in [7, 11) is 4.84. The van der Waals surface area contributed by atoms with Gasteiger partial charge in [-0.15, -0.1) is 11.3 Å². The first-order valence-electron chi connectivity index (χ1n) is 9.50. The van der Waals surface area contributed by atoms with Crippen LogP contribution in [0, 0.1) is 5.92 Å². The average Bonchev–Trinajstić information content (AvgIpc) is 3.07. The van der Waals surface area contributed by atoms with Crippen LogP contribution in [0.3, 0.4) is 0 Å². The van der Waals surface area contributed by atoms with Gasteiger partial charge in [-0.25, -0.2) is 4.68 Å². The molecule has 1 heterocycles. The van der Waals surface area contributed by atoms with Crippen LogP contribution in [-0.2, 0) is 0 Å². The molecule has 1 aromatic heterocycles. The minimum Gasteiger partial charge on any atom is -0.493 e. The highest BCUT2D eigenvalue weighted by Crippen LogP contribution is 2.41. The topological polar surface area (TPSA) is 57.3 Å². The van der Waals surface area contributed by atoms with Gasteiger partial charge in [0.15, 0.2) is 11.5 Å². The Bertz CT molecular complexity index is 856. The van der Waals surface area contributed by atoms with Gasteiger partial charge in [0.1, 0.15) is 0 Å². The number of ether oxygens (including phenoxy) is 3. The molecule has 0 aliphatic heterocycles. The monoisotopic (exact) mass is 405 g/mol. The van der Waals surface area contributed by atoms with E-state index in [9.17, 15) is 0 Å². The molecule has 2 aromatic rings. The summed E-state index contributed by atoms with van der Waals surface area (Å²) in [6, 6.07) is 3.88. The quantitative estimate of drug-likeness (QED) is 0.562. The number of rotatable bonds is 9. The first-order chi connectivity index (χ1) is 13.4. The molecule has 0 aliphatic carbocycles. The molecule has 0 spiro atoms. The SMILES string of the molecule is CCN=c1scc(-c2cc(OC)c(OC)c(OC)c2)n1N=C(C)CCC(C)C. The minimum atomic E-state index is 0.575. The maximum Gasteiger partial charge on any atom is 0.206 e. The Morgan fingerprint density at radius 1 is 1.11 bits per heavy atom. The fourth-order valence-corrected chi connectivity index (χ4v) is 3.68. The van der Waals surface area contributed by atoms with Crippen LogP contribution in [0.15, 0.2) is 27.6 Å². The van der Waals surface area contributed by atoms with E-state index >= 15 is 0 Å². The molecule has 0 saturated carbocycles.